The number of imide groups is 1. The molecule has 0 heterocycles. The van der Waals surface area contributed by atoms with Gasteiger partial charge in [-0.3, -0.25) is 10.1 Å². The van der Waals surface area contributed by atoms with Crippen LogP contribution < -0.4 is 10.6 Å². The van der Waals surface area contributed by atoms with Gasteiger partial charge in [0.1, 0.15) is 5.88 Å². The minimum atomic E-state index is -0.680. The number of carbonyl (C=O) groups is 2. The highest BCUT2D eigenvalue weighted by molar-refractivity contribution is 6.28. The largest absolute Gasteiger partial charge is 0.325 e. The second kappa shape index (κ2) is 5.73. The van der Waals surface area contributed by atoms with Crippen LogP contribution in [0.25, 0.3) is 0 Å². The summed E-state index contributed by atoms with van der Waals surface area (Å²) in [5.41, 5.74) is 0.848. The fourth-order valence-corrected chi connectivity index (χ4v) is 1.06. The molecule has 1 rings (SSSR count). The van der Waals surface area contributed by atoms with E-state index in [1.807, 2.05) is 11.4 Å². The second-order valence-corrected chi connectivity index (χ2v) is 3.10. The molecule has 5 nitrogen and oxygen atoms in total. The van der Waals surface area contributed by atoms with E-state index in [0.717, 1.165) is 0 Å². The molecule has 6 heteroatoms. The SMILES string of the molecule is N#Cc1cccc(NC(=O)NC(=O)CCl)c1. The highest BCUT2D eigenvalue weighted by Crippen LogP contribution is 2.09. The van der Waals surface area contributed by atoms with Crippen LogP contribution in [0.15, 0.2) is 24.3 Å². The summed E-state index contributed by atoms with van der Waals surface area (Å²) in [6.45, 7) is 0. The average molecular weight is 238 g/mol. The number of halogens is 1. The number of amides is 3. The third-order valence-electron chi connectivity index (χ3n) is 1.62. The van der Waals surface area contributed by atoms with Gasteiger partial charge in [-0.15, -0.1) is 11.6 Å². The van der Waals surface area contributed by atoms with E-state index < -0.39 is 11.9 Å². The summed E-state index contributed by atoms with van der Waals surface area (Å²) in [6, 6.07) is 7.57. The molecule has 16 heavy (non-hydrogen) atoms. The van der Waals surface area contributed by atoms with Gasteiger partial charge in [-0.05, 0) is 18.2 Å². The molecule has 0 atom stereocenters. The Morgan fingerprint density at radius 1 is 1.44 bits per heavy atom. The van der Waals surface area contributed by atoms with Crippen molar-refractivity contribution in [1.29, 1.82) is 5.26 Å². The van der Waals surface area contributed by atoms with Crippen molar-refractivity contribution in [3.63, 3.8) is 0 Å². The van der Waals surface area contributed by atoms with Crippen molar-refractivity contribution >= 4 is 29.2 Å². The van der Waals surface area contributed by atoms with E-state index in [9.17, 15) is 9.59 Å². The number of rotatable bonds is 2. The van der Waals surface area contributed by atoms with Crippen LogP contribution >= 0.6 is 11.6 Å². The van der Waals surface area contributed by atoms with Crippen molar-refractivity contribution in [2.45, 2.75) is 0 Å². The summed E-state index contributed by atoms with van der Waals surface area (Å²) < 4.78 is 0. The van der Waals surface area contributed by atoms with Crippen molar-refractivity contribution in [3.8, 4) is 6.07 Å². The number of anilines is 1. The maximum atomic E-state index is 11.2. The summed E-state index contributed by atoms with van der Waals surface area (Å²) in [5.74, 6) is -0.873. The molecule has 0 radical (unpaired) electrons. The van der Waals surface area contributed by atoms with Crippen molar-refractivity contribution in [3.05, 3.63) is 29.8 Å². The van der Waals surface area contributed by atoms with Crippen molar-refractivity contribution < 1.29 is 9.59 Å². The highest BCUT2D eigenvalue weighted by atomic mass is 35.5. The number of carbonyl (C=O) groups excluding carboxylic acids is 2. The van der Waals surface area contributed by atoms with Crippen LogP contribution in [0.2, 0.25) is 0 Å². The number of hydrogen-bond donors (Lipinski definition) is 2. The number of nitrogens with one attached hydrogen (secondary N) is 2. The fourth-order valence-electron chi connectivity index (χ4n) is 0.989. The van der Waals surface area contributed by atoms with Crippen molar-refractivity contribution in [2.24, 2.45) is 0 Å². The van der Waals surface area contributed by atoms with Gasteiger partial charge in [-0.25, -0.2) is 4.79 Å². The molecule has 0 aliphatic heterocycles. The molecule has 0 fully saturated rings. The smallest absolute Gasteiger partial charge is 0.308 e. The molecule has 1 aromatic carbocycles. The Labute approximate surface area is 97.0 Å². The van der Waals surface area contributed by atoms with Gasteiger partial charge < -0.3 is 5.32 Å². The third-order valence-corrected chi connectivity index (χ3v) is 1.87. The molecule has 0 aliphatic carbocycles. The first-order chi connectivity index (χ1) is 7.65. The zero-order valence-corrected chi connectivity index (χ0v) is 8.91. The molecule has 2 N–H and O–H groups in total. The first-order valence-electron chi connectivity index (χ1n) is 4.32. The molecule has 0 aromatic heterocycles. The molecule has 82 valence electrons. The summed E-state index contributed by atoms with van der Waals surface area (Å²) in [6.07, 6.45) is 0. The Balaban J connectivity index is 2.63. The maximum Gasteiger partial charge on any atom is 0.325 e. The Bertz CT molecular complexity index is 454. The Hall–Kier alpha value is -2.06. The molecule has 0 unspecified atom stereocenters. The average Bonchev–Trinajstić information content (AvgIpc) is 2.28. The quantitative estimate of drug-likeness (QED) is 0.764. The van der Waals surface area contributed by atoms with Crippen LogP contribution in [-0.2, 0) is 4.79 Å². The minimum absolute atomic E-state index is 0.286. The second-order valence-electron chi connectivity index (χ2n) is 2.83. The summed E-state index contributed by atoms with van der Waals surface area (Å²) in [5, 5.41) is 13.0. The molecular formula is C10H8ClN3O2. The van der Waals surface area contributed by atoms with Crippen LogP contribution in [-0.4, -0.2) is 17.8 Å². The van der Waals surface area contributed by atoms with Gasteiger partial charge in [0.2, 0.25) is 5.91 Å². The zero-order chi connectivity index (χ0) is 12.0. The predicted molar refractivity (Wildman–Crippen MR) is 59.0 cm³/mol. The maximum absolute atomic E-state index is 11.2. The normalized spacial score (nSPS) is 9.00. The molecule has 1 aromatic rings. The highest BCUT2D eigenvalue weighted by Gasteiger charge is 2.06. The van der Waals surface area contributed by atoms with Gasteiger partial charge in [-0.1, -0.05) is 6.07 Å². The standard InChI is InChI=1S/C10H8ClN3O2/c11-5-9(15)14-10(16)13-8-3-1-2-7(4-8)6-12/h1-4H,5H2,(H2,13,14,15,16). The topological polar surface area (TPSA) is 82.0 Å². The van der Waals surface area contributed by atoms with Crippen LogP contribution in [0.5, 0.6) is 0 Å². The number of hydrogen-bond acceptors (Lipinski definition) is 3. The predicted octanol–water partition coefficient (Wildman–Crippen LogP) is 1.45. The molecular weight excluding hydrogens is 230 g/mol. The van der Waals surface area contributed by atoms with E-state index in [1.165, 1.54) is 6.07 Å². The summed E-state index contributed by atoms with van der Waals surface area (Å²) in [4.78, 5) is 22.0. The first kappa shape index (κ1) is 12.0. The monoisotopic (exact) mass is 237 g/mol. The number of alkyl halides is 1. The number of nitriles is 1. The molecule has 0 spiro atoms. The lowest BCUT2D eigenvalue weighted by atomic mass is 10.2. The van der Waals surface area contributed by atoms with E-state index in [-0.39, 0.29) is 5.88 Å². The molecule has 0 aliphatic rings. The lowest BCUT2D eigenvalue weighted by Gasteiger charge is -2.05. The van der Waals surface area contributed by atoms with Crippen LogP contribution in [0, 0.1) is 11.3 Å². The number of benzene rings is 1. The lowest BCUT2D eigenvalue weighted by molar-refractivity contribution is -0.117. The molecule has 3 amide bonds. The van der Waals surface area contributed by atoms with Gasteiger partial charge in [0.15, 0.2) is 0 Å². The van der Waals surface area contributed by atoms with Gasteiger partial charge in [-0.2, -0.15) is 5.26 Å². The van der Waals surface area contributed by atoms with Gasteiger partial charge in [0.05, 0.1) is 11.6 Å². The zero-order valence-electron chi connectivity index (χ0n) is 8.16. The fraction of sp³-hybridized carbons (Fsp3) is 0.100. The molecule has 0 bridgehead atoms. The van der Waals surface area contributed by atoms with Crippen molar-refractivity contribution in [1.82, 2.24) is 5.32 Å². The van der Waals surface area contributed by atoms with Gasteiger partial charge in [0, 0.05) is 5.69 Å². The summed E-state index contributed by atoms with van der Waals surface area (Å²) in [7, 11) is 0. The Morgan fingerprint density at radius 2 is 2.19 bits per heavy atom. The van der Waals surface area contributed by atoms with Gasteiger partial charge in [0.25, 0.3) is 0 Å². The minimum Gasteiger partial charge on any atom is -0.308 e. The van der Waals surface area contributed by atoms with E-state index in [4.69, 9.17) is 16.9 Å². The van der Waals surface area contributed by atoms with Crippen LogP contribution in [0.1, 0.15) is 5.56 Å². The number of nitrogens with zero attached hydrogens (tertiary/aromatic N) is 1. The third kappa shape index (κ3) is 3.59. The Morgan fingerprint density at radius 3 is 2.81 bits per heavy atom. The first-order valence-corrected chi connectivity index (χ1v) is 4.86. The van der Waals surface area contributed by atoms with E-state index in [0.29, 0.717) is 11.3 Å². The lowest BCUT2D eigenvalue weighted by Crippen LogP contribution is -2.35. The molecule has 0 saturated carbocycles. The van der Waals surface area contributed by atoms with Crippen LogP contribution in [0.3, 0.4) is 0 Å². The Kier molecular flexibility index (Phi) is 4.30. The van der Waals surface area contributed by atoms with E-state index in [2.05, 4.69) is 5.32 Å². The van der Waals surface area contributed by atoms with E-state index in [1.54, 1.807) is 18.2 Å². The van der Waals surface area contributed by atoms with Gasteiger partial charge >= 0.3 is 6.03 Å². The van der Waals surface area contributed by atoms with Crippen molar-refractivity contribution in [2.75, 3.05) is 11.2 Å². The molecule has 0 saturated heterocycles. The van der Waals surface area contributed by atoms with Crippen LogP contribution in [0.4, 0.5) is 10.5 Å². The summed E-state index contributed by atoms with van der Waals surface area (Å²) >= 11 is 5.21. The number of urea groups is 1. The van der Waals surface area contributed by atoms with E-state index >= 15 is 0 Å².